The van der Waals surface area contributed by atoms with Crippen LogP contribution >= 0.6 is 0 Å². The van der Waals surface area contributed by atoms with E-state index < -0.39 is 10.0 Å². The Morgan fingerprint density at radius 2 is 1.79 bits per heavy atom. The van der Waals surface area contributed by atoms with Crippen LogP contribution in [-0.2, 0) is 14.9 Å². The first kappa shape index (κ1) is 10.4. The van der Waals surface area contributed by atoms with Gasteiger partial charge < -0.3 is 0 Å². The smallest absolute Gasteiger partial charge is 0.233 e. The van der Waals surface area contributed by atoms with Crippen LogP contribution in [-0.4, -0.2) is 20.3 Å². The van der Waals surface area contributed by atoms with Crippen LogP contribution in [0, 0.1) is 5.92 Å². The lowest BCUT2D eigenvalue weighted by Crippen LogP contribution is -2.31. The molecule has 0 saturated heterocycles. The lowest BCUT2D eigenvalue weighted by Gasteiger charge is -2.11. The molecule has 14 heavy (non-hydrogen) atoms. The summed E-state index contributed by atoms with van der Waals surface area (Å²) in [5, 5.41) is 0. The Bertz CT molecular complexity index is 278. The molecular formula is C9H17NO3S. The van der Waals surface area contributed by atoms with Crippen LogP contribution < -0.4 is 4.89 Å². The fraction of sp³-hybridized carbons (Fsp3) is 1.00. The van der Waals surface area contributed by atoms with Crippen molar-refractivity contribution in [1.82, 2.24) is 4.89 Å². The van der Waals surface area contributed by atoms with Crippen LogP contribution in [0.3, 0.4) is 0 Å². The third kappa shape index (κ3) is 3.22. The van der Waals surface area contributed by atoms with Crippen molar-refractivity contribution in [2.24, 2.45) is 5.92 Å². The van der Waals surface area contributed by atoms with Crippen molar-refractivity contribution in [3.05, 3.63) is 0 Å². The molecule has 0 heterocycles. The van der Waals surface area contributed by atoms with Crippen LogP contribution in [0.15, 0.2) is 0 Å². The second-order valence-electron chi connectivity index (χ2n) is 4.33. The molecule has 0 unspecified atom stereocenters. The average molecular weight is 219 g/mol. The first-order valence-electron chi connectivity index (χ1n) is 5.31. The number of rotatable bonds is 5. The Hall–Kier alpha value is -0.130. The van der Waals surface area contributed by atoms with Crippen LogP contribution in [0.25, 0.3) is 0 Å². The molecule has 0 aromatic heterocycles. The zero-order valence-electron chi connectivity index (χ0n) is 8.24. The third-order valence-corrected chi connectivity index (χ3v) is 4.06. The maximum atomic E-state index is 11.4. The highest BCUT2D eigenvalue weighted by atomic mass is 32.2. The van der Waals surface area contributed by atoms with Crippen molar-refractivity contribution in [3.8, 4) is 0 Å². The van der Waals surface area contributed by atoms with E-state index in [-0.39, 0.29) is 11.9 Å². The Kier molecular flexibility index (Phi) is 3.09. The van der Waals surface area contributed by atoms with Gasteiger partial charge in [0.05, 0.1) is 11.9 Å². The van der Waals surface area contributed by atoms with E-state index in [0.29, 0.717) is 5.92 Å². The zero-order chi connectivity index (χ0) is 10.0. The Labute approximate surface area is 85.0 Å². The highest BCUT2D eigenvalue weighted by molar-refractivity contribution is 7.89. The molecule has 0 aliphatic heterocycles. The van der Waals surface area contributed by atoms with Crippen LogP contribution in [0.2, 0.25) is 0 Å². The molecule has 0 radical (unpaired) electrons. The lowest BCUT2D eigenvalue weighted by atomic mass is 10.3. The normalized spacial score (nSPS) is 24.3. The van der Waals surface area contributed by atoms with Gasteiger partial charge in [-0.2, -0.15) is 0 Å². The standard InChI is InChI=1S/C9H17NO3S/c11-14(12,7-8-5-6-8)10-13-9-3-1-2-4-9/h8-10H,1-7H2. The Morgan fingerprint density at radius 3 is 2.36 bits per heavy atom. The summed E-state index contributed by atoms with van der Waals surface area (Å²) < 4.78 is 22.8. The summed E-state index contributed by atoms with van der Waals surface area (Å²) in [6, 6.07) is 0. The Morgan fingerprint density at radius 1 is 1.14 bits per heavy atom. The predicted molar refractivity (Wildman–Crippen MR) is 53.0 cm³/mol. The molecule has 2 saturated carbocycles. The van der Waals surface area contributed by atoms with Gasteiger partial charge in [0.1, 0.15) is 0 Å². The summed E-state index contributed by atoms with van der Waals surface area (Å²) >= 11 is 0. The molecule has 2 aliphatic rings. The number of hydrogen-bond donors (Lipinski definition) is 1. The van der Waals surface area contributed by atoms with Crippen LogP contribution in [0.4, 0.5) is 0 Å². The van der Waals surface area contributed by atoms with Gasteiger partial charge >= 0.3 is 0 Å². The monoisotopic (exact) mass is 219 g/mol. The Balaban J connectivity index is 1.71. The van der Waals surface area contributed by atoms with Crippen molar-refractivity contribution in [2.45, 2.75) is 44.6 Å². The highest BCUT2D eigenvalue weighted by Gasteiger charge is 2.28. The number of hydrogen-bond acceptors (Lipinski definition) is 3. The largest absolute Gasteiger partial charge is 0.284 e. The summed E-state index contributed by atoms with van der Waals surface area (Å²) in [5.41, 5.74) is 0. The molecule has 0 spiro atoms. The van der Waals surface area contributed by atoms with Gasteiger partial charge in [0.25, 0.3) is 0 Å². The second kappa shape index (κ2) is 4.16. The van der Waals surface area contributed by atoms with Gasteiger partial charge in [0.15, 0.2) is 0 Å². The minimum atomic E-state index is -3.18. The highest BCUT2D eigenvalue weighted by Crippen LogP contribution is 2.30. The third-order valence-electron chi connectivity index (χ3n) is 2.80. The molecule has 0 bridgehead atoms. The molecule has 0 amide bonds. The summed E-state index contributed by atoms with van der Waals surface area (Å²) in [7, 11) is -3.18. The van der Waals surface area contributed by atoms with Crippen molar-refractivity contribution < 1.29 is 13.3 Å². The fourth-order valence-electron chi connectivity index (χ4n) is 1.78. The topological polar surface area (TPSA) is 55.4 Å². The van der Waals surface area contributed by atoms with Crippen LogP contribution in [0.1, 0.15) is 38.5 Å². The zero-order valence-corrected chi connectivity index (χ0v) is 9.05. The molecule has 0 atom stereocenters. The van der Waals surface area contributed by atoms with Crippen molar-refractivity contribution in [3.63, 3.8) is 0 Å². The fourth-order valence-corrected chi connectivity index (χ4v) is 3.08. The summed E-state index contributed by atoms with van der Waals surface area (Å²) in [4.78, 5) is 7.40. The maximum absolute atomic E-state index is 11.4. The van der Waals surface area contributed by atoms with E-state index in [2.05, 4.69) is 4.89 Å². The summed E-state index contributed by atoms with van der Waals surface area (Å²) in [6.07, 6.45) is 6.44. The van der Waals surface area contributed by atoms with E-state index in [9.17, 15) is 8.42 Å². The first-order valence-corrected chi connectivity index (χ1v) is 6.96. The van der Waals surface area contributed by atoms with E-state index in [1.54, 1.807) is 0 Å². The van der Waals surface area contributed by atoms with Crippen molar-refractivity contribution >= 4 is 10.0 Å². The predicted octanol–water partition coefficient (Wildman–Crippen LogP) is 1.19. The minimum Gasteiger partial charge on any atom is -0.284 e. The van der Waals surface area contributed by atoms with E-state index in [1.165, 1.54) is 0 Å². The molecule has 4 nitrogen and oxygen atoms in total. The molecule has 5 heteroatoms. The quantitative estimate of drug-likeness (QED) is 0.707. The molecule has 82 valence electrons. The van der Waals surface area contributed by atoms with Crippen LogP contribution in [0.5, 0.6) is 0 Å². The van der Waals surface area contributed by atoms with Gasteiger partial charge in [-0.05, 0) is 31.6 Å². The summed E-state index contributed by atoms with van der Waals surface area (Å²) in [6.45, 7) is 0. The maximum Gasteiger partial charge on any atom is 0.233 e. The molecule has 2 aliphatic carbocycles. The van der Waals surface area contributed by atoms with E-state index in [0.717, 1.165) is 38.5 Å². The molecule has 0 aromatic rings. The lowest BCUT2D eigenvalue weighted by molar-refractivity contribution is 0.0223. The molecule has 2 fully saturated rings. The van der Waals surface area contributed by atoms with Gasteiger partial charge in [0, 0.05) is 0 Å². The van der Waals surface area contributed by atoms with E-state index in [4.69, 9.17) is 4.84 Å². The van der Waals surface area contributed by atoms with Crippen molar-refractivity contribution in [1.29, 1.82) is 0 Å². The van der Waals surface area contributed by atoms with Gasteiger partial charge in [-0.25, -0.2) is 8.42 Å². The molecule has 1 N–H and O–H groups in total. The van der Waals surface area contributed by atoms with Gasteiger partial charge in [-0.3, -0.25) is 4.84 Å². The first-order chi connectivity index (χ1) is 6.66. The van der Waals surface area contributed by atoms with Gasteiger partial charge in [0.2, 0.25) is 10.0 Å². The van der Waals surface area contributed by atoms with Gasteiger partial charge in [-0.15, -0.1) is 0 Å². The minimum absolute atomic E-state index is 0.101. The molecule has 0 aromatic carbocycles. The molecule has 2 rings (SSSR count). The second-order valence-corrected chi connectivity index (χ2v) is 6.06. The van der Waals surface area contributed by atoms with Gasteiger partial charge in [-0.1, -0.05) is 17.7 Å². The molecular weight excluding hydrogens is 202 g/mol. The summed E-state index contributed by atoms with van der Waals surface area (Å²) in [5.74, 6) is 0.611. The SMILES string of the molecule is O=S(=O)(CC1CC1)NOC1CCCC1. The van der Waals surface area contributed by atoms with E-state index in [1.807, 2.05) is 0 Å². The average Bonchev–Trinajstić information content (AvgIpc) is 2.78. The van der Waals surface area contributed by atoms with Crippen molar-refractivity contribution in [2.75, 3.05) is 5.75 Å². The van der Waals surface area contributed by atoms with E-state index >= 15 is 0 Å². The number of sulfonamides is 1. The number of nitrogens with one attached hydrogen (secondary N) is 1.